The average Bonchev–Trinajstić information content (AvgIpc) is 3.19. The molecule has 0 spiro atoms. The van der Waals surface area contributed by atoms with Crippen LogP contribution in [0, 0.1) is 27.7 Å². The zero-order chi connectivity index (χ0) is 16.7. The van der Waals surface area contributed by atoms with E-state index in [9.17, 15) is 13.2 Å². The number of carbonyl (C=O) groups is 1. The number of amides is 1. The van der Waals surface area contributed by atoms with E-state index in [0.717, 1.165) is 35.1 Å². The lowest BCUT2D eigenvalue weighted by atomic mass is 10.0. The van der Waals surface area contributed by atoms with Crippen molar-refractivity contribution in [2.45, 2.75) is 64.4 Å². The SMILES string of the molecule is Cc1cc(C)c(C)c(S(=O)(=O)N[C@@H](C)C(=O)NC2CC2)c1C. The first kappa shape index (κ1) is 17.0. The average molecular weight is 324 g/mol. The molecule has 0 unspecified atom stereocenters. The van der Waals surface area contributed by atoms with E-state index < -0.39 is 16.1 Å². The third kappa shape index (κ3) is 3.50. The van der Waals surface area contributed by atoms with Crippen LogP contribution in [0.5, 0.6) is 0 Å². The Balaban J connectivity index is 2.28. The predicted molar refractivity (Wildman–Crippen MR) is 86.3 cm³/mol. The summed E-state index contributed by atoms with van der Waals surface area (Å²) in [7, 11) is -3.74. The molecule has 0 heterocycles. The van der Waals surface area contributed by atoms with Gasteiger partial charge >= 0.3 is 0 Å². The fraction of sp³-hybridized carbons (Fsp3) is 0.562. The summed E-state index contributed by atoms with van der Waals surface area (Å²) in [6.45, 7) is 8.95. The monoisotopic (exact) mass is 324 g/mol. The van der Waals surface area contributed by atoms with Crippen LogP contribution in [0.15, 0.2) is 11.0 Å². The highest BCUT2D eigenvalue weighted by atomic mass is 32.2. The molecule has 1 aromatic carbocycles. The van der Waals surface area contributed by atoms with Gasteiger partial charge in [-0.25, -0.2) is 8.42 Å². The molecular weight excluding hydrogens is 300 g/mol. The molecule has 1 fully saturated rings. The highest BCUT2D eigenvalue weighted by Gasteiger charge is 2.29. The molecule has 5 nitrogen and oxygen atoms in total. The van der Waals surface area contributed by atoms with Crippen molar-refractivity contribution in [2.24, 2.45) is 0 Å². The van der Waals surface area contributed by atoms with Gasteiger partial charge < -0.3 is 5.32 Å². The highest BCUT2D eigenvalue weighted by molar-refractivity contribution is 7.89. The lowest BCUT2D eigenvalue weighted by molar-refractivity contribution is -0.122. The summed E-state index contributed by atoms with van der Waals surface area (Å²) >= 11 is 0. The van der Waals surface area contributed by atoms with Gasteiger partial charge in [0.2, 0.25) is 15.9 Å². The van der Waals surface area contributed by atoms with Gasteiger partial charge in [0.1, 0.15) is 0 Å². The number of hydrogen-bond acceptors (Lipinski definition) is 3. The van der Waals surface area contributed by atoms with Crippen molar-refractivity contribution in [3.05, 3.63) is 28.3 Å². The van der Waals surface area contributed by atoms with Crippen LogP contribution in [0.2, 0.25) is 0 Å². The first-order chi connectivity index (χ1) is 10.1. The Labute approximate surface area is 132 Å². The Morgan fingerprint density at radius 3 is 2.09 bits per heavy atom. The molecule has 0 radical (unpaired) electrons. The Kier molecular flexibility index (Phi) is 4.63. The van der Waals surface area contributed by atoms with Crippen molar-refractivity contribution < 1.29 is 13.2 Å². The Bertz CT molecular complexity index is 680. The molecule has 1 saturated carbocycles. The maximum Gasteiger partial charge on any atom is 0.241 e. The molecular formula is C16H24N2O3S. The molecule has 1 aliphatic carbocycles. The fourth-order valence-corrected chi connectivity index (χ4v) is 4.30. The Morgan fingerprint density at radius 1 is 1.14 bits per heavy atom. The quantitative estimate of drug-likeness (QED) is 0.868. The maximum absolute atomic E-state index is 12.7. The maximum atomic E-state index is 12.7. The molecule has 1 atom stereocenters. The van der Waals surface area contributed by atoms with E-state index in [4.69, 9.17) is 0 Å². The molecule has 0 aliphatic heterocycles. The molecule has 2 rings (SSSR count). The van der Waals surface area contributed by atoms with Crippen molar-refractivity contribution in [3.63, 3.8) is 0 Å². The number of sulfonamides is 1. The van der Waals surface area contributed by atoms with E-state index in [-0.39, 0.29) is 16.8 Å². The second kappa shape index (κ2) is 6.01. The van der Waals surface area contributed by atoms with Gasteiger partial charge in [0.15, 0.2) is 0 Å². The van der Waals surface area contributed by atoms with Crippen molar-refractivity contribution >= 4 is 15.9 Å². The topological polar surface area (TPSA) is 75.3 Å². The van der Waals surface area contributed by atoms with Gasteiger partial charge in [-0.3, -0.25) is 4.79 Å². The van der Waals surface area contributed by atoms with Crippen LogP contribution in [0.4, 0.5) is 0 Å². The number of nitrogens with one attached hydrogen (secondary N) is 2. The molecule has 0 saturated heterocycles. The molecule has 1 aliphatic rings. The Morgan fingerprint density at radius 2 is 1.64 bits per heavy atom. The van der Waals surface area contributed by atoms with E-state index in [1.54, 1.807) is 20.8 Å². The summed E-state index contributed by atoms with van der Waals surface area (Å²) in [4.78, 5) is 12.3. The predicted octanol–water partition coefficient (Wildman–Crippen LogP) is 1.87. The van der Waals surface area contributed by atoms with Crippen LogP contribution in [0.1, 0.15) is 42.0 Å². The molecule has 122 valence electrons. The summed E-state index contributed by atoms with van der Waals surface area (Å²) in [5, 5.41) is 2.81. The van der Waals surface area contributed by atoms with Gasteiger partial charge in [-0.05, 0) is 69.7 Å². The third-order valence-electron chi connectivity index (χ3n) is 4.21. The van der Waals surface area contributed by atoms with Crippen LogP contribution >= 0.6 is 0 Å². The number of benzene rings is 1. The van der Waals surface area contributed by atoms with E-state index in [1.807, 2.05) is 19.9 Å². The zero-order valence-electron chi connectivity index (χ0n) is 13.8. The zero-order valence-corrected chi connectivity index (χ0v) is 14.6. The normalized spacial score (nSPS) is 16.4. The van der Waals surface area contributed by atoms with Gasteiger partial charge in [-0.2, -0.15) is 4.72 Å². The van der Waals surface area contributed by atoms with E-state index in [2.05, 4.69) is 10.0 Å². The lowest BCUT2D eigenvalue weighted by Gasteiger charge is -2.19. The lowest BCUT2D eigenvalue weighted by Crippen LogP contribution is -2.45. The van der Waals surface area contributed by atoms with Gasteiger partial charge in [0.05, 0.1) is 10.9 Å². The summed E-state index contributed by atoms with van der Waals surface area (Å²) < 4.78 is 27.9. The molecule has 0 aromatic heterocycles. The molecule has 22 heavy (non-hydrogen) atoms. The number of hydrogen-bond donors (Lipinski definition) is 2. The van der Waals surface area contributed by atoms with Crippen LogP contribution in [0.3, 0.4) is 0 Å². The minimum Gasteiger partial charge on any atom is -0.352 e. The summed E-state index contributed by atoms with van der Waals surface area (Å²) in [6, 6.07) is 1.40. The first-order valence-corrected chi connectivity index (χ1v) is 9.02. The van der Waals surface area contributed by atoms with Crippen LogP contribution < -0.4 is 10.0 Å². The molecule has 1 amide bonds. The highest BCUT2D eigenvalue weighted by Crippen LogP contribution is 2.26. The first-order valence-electron chi connectivity index (χ1n) is 7.53. The van der Waals surface area contributed by atoms with Gasteiger partial charge in [0, 0.05) is 6.04 Å². The third-order valence-corrected chi connectivity index (χ3v) is 6.03. The minimum absolute atomic E-state index is 0.212. The van der Waals surface area contributed by atoms with Crippen molar-refractivity contribution in [3.8, 4) is 0 Å². The van der Waals surface area contributed by atoms with E-state index in [1.165, 1.54) is 0 Å². The number of carbonyl (C=O) groups excluding carboxylic acids is 1. The van der Waals surface area contributed by atoms with Crippen molar-refractivity contribution in [1.29, 1.82) is 0 Å². The van der Waals surface area contributed by atoms with Crippen molar-refractivity contribution in [1.82, 2.24) is 10.0 Å². The summed E-state index contributed by atoms with van der Waals surface area (Å²) in [6.07, 6.45) is 1.95. The van der Waals surface area contributed by atoms with Gasteiger partial charge in [0.25, 0.3) is 0 Å². The van der Waals surface area contributed by atoms with E-state index >= 15 is 0 Å². The van der Waals surface area contributed by atoms with Crippen molar-refractivity contribution in [2.75, 3.05) is 0 Å². The second-order valence-corrected chi connectivity index (χ2v) is 7.87. The summed E-state index contributed by atoms with van der Waals surface area (Å²) in [5.74, 6) is -0.272. The largest absolute Gasteiger partial charge is 0.352 e. The minimum atomic E-state index is -3.74. The fourth-order valence-electron chi connectivity index (χ4n) is 2.48. The van der Waals surface area contributed by atoms with Crippen LogP contribution in [-0.4, -0.2) is 26.4 Å². The van der Waals surface area contributed by atoms with Gasteiger partial charge in [-0.15, -0.1) is 0 Å². The molecule has 1 aromatic rings. The van der Waals surface area contributed by atoms with Crippen LogP contribution in [0.25, 0.3) is 0 Å². The number of rotatable bonds is 5. The second-order valence-electron chi connectivity index (χ2n) is 6.22. The molecule has 6 heteroatoms. The molecule has 2 N–H and O–H groups in total. The molecule has 0 bridgehead atoms. The van der Waals surface area contributed by atoms with Crippen LogP contribution in [-0.2, 0) is 14.8 Å². The van der Waals surface area contributed by atoms with E-state index in [0.29, 0.717) is 0 Å². The van der Waals surface area contributed by atoms with Gasteiger partial charge in [-0.1, -0.05) is 6.07 Å². The smallest absolute Gasteiger partial charge is 0.241 e. The summed E-state index contributed by atoms with van der Waals surface area (Å²) in [5.41, 5.74) is 3.31. The standard InChI is InChI=1S/C16H24N2O3S/c1-9-8-10(2)12(4)15(11(9)3)22(20,21)18-13(5)16(19)17-14-6-7-14/h8,13-14,18H,6-7H2,1-5H3,(H,17,19)/t13-/m0/s1. The number of aryl methyl sites for hydroxylation is 2. The Hall–Kier alpha value is -1.40.